The van der Waals surface area contributed by atoms with Crippen molar-refractivity contribution in [2.24, 2.45) is 0 Å². The van der Waals surface area contributed by atoms with Crippen LogP contribution in [0.25, 0.3) is 20.2 Å². The molecule has 130 valence electrons. The monoisotopic (exact) mass is 390 g/mol. The van der Waals surface area contributed by atoms with E-state index in [1.54, 1.807) is 22.7 Å². The van der Waals surface area contributed by atoms with Crippen molar-refractivity contribution in [2.45, 2.75) is 0 Å². The fourth-order valence-electron chi connectivity index (χ4n) is 3.20. The zero-order chi connectivity index (χ0) is 18.8. The minimum Gasteiger partial charge on any atom is -0.142 e. The quantitative estimate of drug-likeness (QED) is 0.252. The van der Waals surface area contributed by atoms with E-state index < -0.39 is 0 Å². The van der Waals surface area contributed by atoms with Gasteiger partial charge >= 0.3 is 0 Å². The van der Waals surface area contributed by atoms with Gasteiger partial charge in [-0.15, -0.1) is 22.7 Å². The molecule has 0 radical (unpaired) electrons. The van der Waals surface area contributed by atoms with Crippen LogP contribution >= 0.6 is 22.7 Å². The standard InChI is InChI=1S/C26H14S2/c1-3-7-19(8-4-1)11-13-21-23-15-17-28-26(23)22(24-16-18-27-25(21)24)14-12-20-9-5-2-6-10-20/h1-10,15-18H. The Balaban J connectivity index is 1.73. The average Bonchev–Trinajstić information content (AvgIpc) is 3.42. The van der Waals surface area contributed by atoms with Crippen LogP contribution in [0.1, 0.15) is 22.3 Å². The highest BCUT2D eigenvalue weighted by Gasteiger charge is 2.14. The zero-order valence-corrected chi connectivity index (χ0v) is 16.5. The van der Waals surface area contributed by atoms with Gasteiger partial charge in [-0.3, -0.25) is 0 Å². The number of fused-ring (bicyclic) bond motifs is 2. The van der Waals surface area contributed by atoms with Gasteiger partial charge in [0.25, 0.3) is 0 Å². The van der Waals surface area contributed by atoms with Crippen molar-refractivity contribution in [3.8, 4) is 23.7 Å². The molecule has 28 heavy (non-hydrogen) atoms. The van der Waals surface area contributed by atoms with Crippen LogP contribution in [0.4, 0.5) is 0 Å². The van der Waals surface area contributed by atoms with Crippen LogP contribution in [0.2, 0.25) is 0 Å². The van der Waals surface area contributed by atoms with Crippen molar-refractivity contribution < 1.29 is 0 Å². The molecule has 0 saturated heterocycles. The molecule has 0 fully saturated rings. The molecule has 3 aromatic carbocycles. The summed E-state index contributed by atoms with van der Waals surface area (Å²) in [5, 5.41) is 6.66. The highest BCUT2D eigenvalue weighted by Crippen LogP contribution is 2.38. The summed E-state index contributed by atoms with van der Waals surface area (Å²) in [4.78, 5) is 0. The van der Waals surface area contributed by atoms with Gasteiger partial charge in [-0.1, -0.05) is 60.1 Å². The van der Waals surface area contributed by atoms with E-state index in [0.29, 0.717) is 0 Å². The topological polar surface area (TPSA) is 0 Å². The SMILES string of the molecule is C(#Cc1c2ccsc2c(C#Cc2ccccc2)c2ccsc12)c1ccccc1. The Morgan fingerprint density at radius 3 is 1.32 bits per heavy atom. The number of hydrogen-bond donors (Lipinski definition) is 0. The normalized spacial score (nSPS) is 10.3. The van der Waals surface area contributed by atoms with E-state index in [4.69, 9.17) is 0 Å². The summed E-state index contributed by atoms with van der Waals surface area (Å²) in [5.41, 5.74) is 4.28. The Morgan fingerprint density at radius 2 is 0.893 bits per heavy atom. The molecule has 0 nitrogen and oxygen atoms in total. The fraction of sp³-hybridized carbons (Fsp3) is 0. The maximum atomic E-state index is 3.44. The molecule has 0 amide bonds. The average molecular weight is 391 g/mol. The van der Waals surface area contributed by atoms with Crippen LogP contribution < -0.4 is 0 Å². The molecular formula is C26H14S2. The number of rotatable bonds is 0. The third-order valence-corrected chi connectivity index (χ3v) is 6.40. The molecule has 0 aliphatic rings. The summed E-state index contributed by atoms with van der Waals surface area (Å²) in [6.45, 7) is 0. The van der Waals surface area contributed by atoms with Crippen LogP contribution in [-0.2, 0) is 0 Å². The Kier molecular flexibility index (Phi) is 4.43. The fourth-order valence-corrected chi connectivity index (χ4v) is 5.04. The van der Waals surface area contributed by atoms with Gasteiger partial charge in [-0.2, -0.15) is 0 Å². The molecule has 0 bridgehead atoms. The molecule has 0 unspecified atom stereocenters. The molecule has 0 saturated carbocycles. The molecule has 2 heteroatoms. The second kappa shape index (κ2) is 7.37. The second-order valence-electron chi connectivity index (χ2n) is 6.31. The van der Waals surface area contributed by atoms with E-state index in [0.717, 1.165) is 22.3 Å². The van der Waals surface area contributed by atoms with Gasteiger partial charge < -0.3 is 0 Å². The van der Waals surface area contributed by atoms with Crippen molar-refractivity contribution >= 4 is 42.8 Å². The maximum absolute atomic E-state index is 3.44. The Bertz CT molecular complexity index is 1240. The van der Waals surface area contributed by atoms with Gasteiger partial charge in [0.2, 0.25) is 0 Å². The zero-order valence-electron chi connectivity index (χ0n) is 14.9. The summed E-state index contributed by atoms with van der Waals surface area (Å²) in [6, 6.07) is 24.6. The lowest BCUT2D eigenvalue weighted by Gasteiger charge is -2.03. The predicted octanol–water partition coefficient (Wildman–Crippen LogP) is 6.92. The van der Waals surface area contributed by atoms with Gasteiger partial charge in [-0.25, -0.2) is 0 Å². The van der Waals surface area contributed by atoms with Crippen molar-refractivity contribution in [3.63, 3.8) is 0 Å². The molecule has 0 aliphatic heterocycles. The lowest BCUT2D eigenvalue weighted by molar-refractivity contribution is 1.65. The van der Waals surface area contributed by atoms with Crippen LogP contribution in [0.3, 0.4) is 0 Å². The number of hydrogen-bond acceptors (Lipinski definition) is 2. The first kappa shape index (κ1) is 16.8. The molecule has 0 spiro atoms. The van der Waals surface area contributed by atoms with Gasteiger partial charge in [0.1, 0.15) is 0 Å². The van der Waals surface area contributed by atoms with Crippen molar-refractivity contribution in [1.29, 1.82) is 0 Å². The molecule has 5 rings (SSSR count). The number of benzene rings is 3. The van der Waals surface area contributed by atoms with E-state index in [2.05, 4.69) is 46.6 Å². The summed E-state index contributed by atoms with van der Waals surface area (Å²) in [5.74, 6) is 13.5. The largest absolute Gasteiger partial charge is 0.142 e. The van der Waals surface area contributed by atoms with E-state index in [1.165, 1.54) is 20.2 Å². The second-order valence-corrected chi connectivity index (χ2v) is 8.14. The van der Waals surface area contributed by atoms with Gasteiger partial charge in [0.15, 0.2) is 0 Å². The molecule has 2 aromatic heterocycles. The van der Waals surface area contributed by atoms with Crippen LogP contribution in [0.5, 0.6) is 0 Å². The maximum Gasteiger partial charge on any atom is 0.0519 e. The van der Waals surface area contributed by atoms with Gasteiger partial charge in [0, 0.05) is 21.9 Å². The van der Waals surface area contributed by atoms with Crippen molar-refractivity contribution in [2.75, 3.05) is 0 Å². The van der Waals surface area contributed by atoms with E-state index >= 15 is 0 Å². The Morgan fingerprint density at radius 1 is 0.464 bits per heavy atom. The highest BCUT2D eigenvalue weighted by atomic mass is 32.1. The molecule has 2 heterocycles. The smallest absolute Gasteiger partial charge is 0.0519 e. The molecule has 5 aromatic rings. The third kappa shape index (κ3) is 3.10. The predicted molar refractivity (Wildman–Crippen MR) is 122 cm³/mol. The molecular weight excluding hydrogens is 376 g/mol. The first-order chi connectivity index (χ1) is 13.9. The van der Waals surface area contributed by atoms with Crippen molar-refractivity contribution in [3.05, 3.63) is 106 Å². The van der Waals surface area contributed by atoms with Crippen LogP contribution in [0.15, 0.2) is 83.6 Å². The van der Waals surface area contributed by atoms with Crippen LogP contribution in [-0.4, -0.2) is 0 Å². The minimum absolute atomic E-state index is 1.03. The summed E-state index contributed by atoms with van der Waals surface area (Å²) in [7, 11) is 0. The van der Waals surface area contributed by atoms with E-state index in [1.807, 2.05) is 60.7 Å². The summed E-state index contributed by atoms with van der Waals surface area (Å²) in [6.07, 6.45) is 0. The van der Waals surface area contributed by atoms with Crippen molar-refractivity contribution in [1.82, 2.24) is 0 Å². The van der Waals surface area contributed by atoms with Gasteiger partial charge in [-0.05, 0) is 47.2 Å². The first-order valence-electron chi connectivity index (χ1n) is 8.95. The molecule has 0 atom stereocenters. The minimum atomic E-state index is 1.03. The summed E-state index contributed by atoms with van der Waals surface area (Å²) < 4.78 is 2.43. The third-order valence-electron chi connectivity index (χ3n) is 4.53. The molecule has 0 N–H and O–H groups in total. The Labute approximate surface area is 172 Å². The highest BCUT2D eigenvalue weighted by molar-refractivity contribution is 7.19. The van der Waals surface area contributed by atoms with E-state index in [-0.39, 0.29) is 0 Å². The van der Waals surface area contributed by atoms with Crippen LogP contribution in [0, 0.1) is 23.7 Å². The van der Waals surface area contributed by atoms with Gasteiger partial charge in [0.05, 0.1) is 20.5 Å². The van der Waals surface area contributed by atoms with E-state index in [9.17, 15) is 0 Å². The Hall–Kier alpha value is -3.30. The first-order valence-corrected chi connectivity index (χ1v) is 10.7. The lowest BCUT2D eigenvalue weighted by atomic mass is 10.0. The molecule has 0 aliphatic carbocycles. The lowest BCUT2D eigenvalue weighted by Crippen LogP contribution is -1.84. The summed E-state index contributed by atoms with van der Waals surface area (Å²) >= 11 is 3.48. The number of thiophene rings is 2.